The Labute approximate surface area is 171 Å². The van der Waals surface area contributed by atoms with E-state index >= 15 is 0 Å². The lowest BCUT2D eigenvalue weighted by Gasteiger charge is -2.38. The van der Waals surface area contributed by atoms with E-state index in [4.69, 9.17) is 31.2 Å². The van der Waals surface area contributed by atoms with E-state index in [0.29, 0.717) is 10.9 Å². The number of hydrogen-bond donors (Lipinski definition) is 2. The Kier molecular flexibility index (Phi) is 5.84. The minimum Gasteiger partial charge on any atom is -0.497 e. The second kappa shape index (κ2) is 8.14. The summed E-state index contributed by atoms with van der Waals surface area (Å²) in [4.78, 5) is 0. The molecule has 28 heavy (non-hydrogen) atoms. The molecule has 3 rings (SSSR count). The number of ether oxygens (including phenoxy) is 4. The van der Waals surface area contributed by atoms with Gasteiger partial charge in [-0.2, -0.15) is 0 Å². The van der Waals surface area contributed by atoms with E-state index in [1.807, 2.05) is 36.4 Å². The number of benzene rings is 2. The molecule has 1 heterocycles. The maximum Gasteiger partial charge on any atom is 0.171 e. The van der Waals surface area contributed by atoms with Crippen molar-refractivity contribution in [1.82, 2.24) is 5.32 Å². The molecule has 0 saturated carbocycles. The van der Waals surface area contributed by atoms with Crippen LogP contribution in [0, 0.1) is 0 Å². The lowest BCUT2D eigenvalue weighted by molar-refractivity contribution is 0.0693. The van der Waals surface area contributed by atoms with Gasteiger partial charge in [-0.25, -0.2) is 0 Å². The molecule has 0 radical (unpaired) electrons. The van der Waals surface area contributed by atoms with Gasteiger partial charge in [0.05, 0.1) is 33.1 Å². The number of fused-ring (bicyclic) bond motifs is 1. The first kappa shape index (κ1) is 20.1. The number of nitrogens with one attached hydrogen (secondary N) is 2. The first-order valence-corrected chi connectivity index (χ1v) is 9.42. The van der Waals surface area contributed by atoms with E-state index < -0.39 is 0 Å². The van der Waals surface area contributed by atoms with E-state index in [0.717, 1.165) is 34.9 Å². The predicted molar refractivity (Wildman–Crippen MR) is 114 cm³/mol. The van der Waals surface area contributed by atoms with E-state index in [2.05, 4.69) is 24.5 Å². The molecule has 1 aliphatic heterocycles. The first-order chi connectivity index (χ1) is 13.3. The molecule has 6 nitrogen and oxygen atoms in total. The zero-order valence-electron chi connectivity index (χ0n) is 16.8. The average Bonchev–Trinajstić information content (AvgIpc) is 2.66. The van der Waals surface area contributed by atoms with Crippen LogP contribution in [0.5, 0.6) is 23.0 Å². The zero-order chi connectivity index (χ0) is 20.3. The van der Waals surface area contributed by atoms with Gasteiger partial charge in [-0.3, -0.25) is 0 Å². The lowest BCUT2D eigenvalue weighted by Crippen LogP contribution is -2.42. The third-order valence-electron chi connectivity index (χ3n) is 4.64. The molecular formula is C21H26N2O4S. The van der Waals surface area contributed by atoms with Crippen LogP contribution in [0.4, 0.5) is 5.69 Å². The number of hydrogen-bond acceptors (Lipinski definition) is 5. The molecule has 0 spiro atoms. The van der Waals surface area contributed by atoms with Crippen molar-refractivity contribution in [2.75, 3.05) is 26.6 Å². The van der Waals surface area contributed by atoms with Gasteiger partial charge in [-0.1, -0.05) is 0 Å². The highest BCUT2D eigenvalue weighted by atomic mass is 32.1. The summed E-state index contributed by atoms with van der Waals surface area (Å²) in [5.41, 5.74) is 1.48. The highest BCUT2D eigenvalue weighted by Gasteiger charge is 2.34. The fraction of sp³-hybridized carbons (Fsp3) is 0.381. The van der Waals surface area contributed by atoms with Crippen LogP contribution in [0.2, 0.25) is 0 Å². The number of thiocarbonyl (C=S) groups is 1. The Morgan fingerprint density at radius 1 is 1.04 bits per heavy atom. The second-order valence-electron chi connectivity index (χ2n) is 7.19. The normalized spacial score (nSPS) is 17.0. The highest BCUT2D eigenvalue weighted by molar-refractivity contribution is 7.80. The van der Waals surface area contributed by atoms with Crippen LogP contribution in [0.25, 0.3) is 0 Å². The van der Waals surface area contributed by atoms with Crippen molar-refractivity contribution >= 4 is 23.0 Å². The standard InChI is InChI=1S/C21H26N2O4S/c1-21(2)12-17(15-8-6-13(24-3)10-18(15)27-21)23-20(28)22-16-9-7-14(25-4)11-19(16)26-5/h6-11,17H,12H2,1-5H3,(H2,22,23,28). The minimum atomic E-state index is -0.329. The van der Waals surface area contributed by atoms with E-state index in [-0.39, 0.29) is 11.6 Å². The highest BCUT2D eigenvalue weighted by Crippen LogP contribution is 2.41. The monoisotopic (exact) mass is 402 g/mol. The summed E-state index contributed by atoms with van der Waals surface area (Å²) in [5.74, 6) is 2.94. The fourth-order valence-electron chi connectivity index (χ4n) is 3.31. The summed E-state index contributed by atoms with van der Waals surface area (Å²) in [7, 11) is 4.88. The number of rotatable bonds is 5. The molecule has 0 bridgehead atoms. The molecular weight excluding hydrogens is 376 g/mol. The molecule has 2 aromatic rings. The lowest BCUT2D eigenvalue weighted by atomic mass is 9.89. The van der Waals surface area contributed by atoms with Crippen LogP contribution < -0.4 is 29.6 Å². The van der Waals surface area contributed by atoms with Gasteiger partial charge in [0.2, 0.25) is 0 Å². The second-order valence-corrected chi connectivity index (χ2v) is 7.60. The molecule has 2 aromatic carbocycles. The maximum absolute atomic E-state index is 6.14. The Morgan fingerprint density at radius 2 is 1.71 bits per heavy atom. The van der Waals surface area contributed by atoms with Crippen LogP contribution in [-0.2, 0) is 0 Å². The molecule has 1 unspecified atom stereocenters. The van der Waals surface area contributed by atoms with E-state index in [9.17, 15) is 0 Å². The van der Waals surface area contributed by atoms with Crippen molar-refractivity contribution in [1.29, 1.82) is 0 Å². The van der Waals surface area contributed by atoms with Gasteiger partial charge in [-0.05, 0) is 50.3 Å². The molecule has 0 fully saturated rings. The summed E-state index contributed by atoms with van der Waals surface area (Å²) in [6, 6.07) is 11.4. The number of anilines is 1. The first-order valence-electron chi connectivity index (χ1n) is 9.01. The molecule has 7 heteroatoms. The Morgan fingerprint density at radius 3 is 2.39 bits per heavy atom. The third kappa shape index (κ3) is 4.42. The van der Waals surface area contributed by atoms with Crippen molar-refractivity contribution in [3.05, 3.63) is 42.0 Å². The molecule has 0 aromatic heterocycles. The van der Waals surface area contributed by atoms with Crippen LogP contribution in [0.15, 0.2) is 36.4 Å². The van der Waals surface area contributed by atoms with E-state index in [1.54, 1.807) is 21.3 Å². The fourth-order valence-corrected chi connectivity index (χ4v) is 3.56. The molecule has 1 atom stereocenters. The Bertz CT molecular complexity index is 869. The minimum absolute atomic E-state index is 0.00824. The van der Waals surface area contributed by atoms with E-state index in [1.165, 1.54) is 0 Å². The van der Waals surface area contributed by atoms with Gasteiger partial charge in [0.15, 0.2) is 5.11 Å². The molecule has 0 aliphatic carbocycles. The average molecular weight is 403 g/mol. The summed E-state index contributed by atoms with van der Waals surface area (Å²) in [5, 5.41) is 7.13. The molecule has 1 aliphatic rings. The largest absolute Gasteiger partial charge is 0.497 e. The summed E-state index contributed by atoms with van der Waals surface area (Å²) < 4.78 is 22.1. The number of methoxy groups -OCH3 is 3. The van der Waals surface area contributed by atoms with Crippen molar-refractivity contribution in [3.8, 4) is 23.0 Å². The van der Waals surface area contributed by atoms with Crippen LogP contribution in [-0.4, -0.2) is 32.0 Å². The van der Waals surface area contributed by atoms with Gasteiger partial charge in [0.25, 0.3) is 0 Å². The molecule has 150 valence electrons. The Hall–Kier alpha value is -2.67. The van der Waals surface area contributed by atoms with Crippen LogP contribution in [0.3, 0.4) is 0 Å². The zero-order valence-corrected chi connectivity index (χ0v) is 17.6. The van der Waals surface area contributed by atoms with Crippen LogP contribution in [0.1, 0.15) is 31.9 Å². The van der Waals surface area contributed by atoms with Gasteiger partial charge in [-0.15, -0.1) is 0 Å². The Balaban J connectivity index is 1.79. The maximum atomic E-state index is 6.14. The molecule has 0 amide bonds. The summed E-state index contributed by atoms with van der Waals surface area (Å²) in [6.07, 6.45) is 0.772. The quantitative estimate of drug-likeness (QED) is 0.723. The predicted octanol–water partition coefficient (Wildman–Crippen LogP) is 4.30. The molecule has 0 saturated heterocycles. The van der Waals surface area contributed by atoms with Gasteiger partial charge < -0.3 is 29.6 Å². The summed E-state index contributed by atoms with van der Waals surface area (Å²) in [6.45, 7) is 4.13. The topological polar surface area (TPSA) is 61.0 Å². The van der Waals surface area contributed by atoms with Crippen LogP contribution >= 0.6 is 12.2 Å². The molecule has 2 N–H and O–H groups in total. The van der Waals surface area contributed by atoms with Gasteiger partial charge >= 0.3 is 0 Å². The van der Waals surface area contributed by atoms with Gasteiger partial charge in [0.1, 0.15) is 28.6 Å². The summed E-state index contributed by atoms with van der Waals surface area (Å²) >= 11 is 5.56. The SMILES string of the molecule is COc1ccc(NC(=S)NC2CC(C)(C)Oc3cc(OC)ccc32)c(OC)c1. The smallest absolute Gasteiger partial charge is 0.171 e. The van der Waals surface area contributed by atoms with Crippen molar-refractivity contribution in [2.24, 2.45) is 0 Å². The third-order valence-corrected chi connectivity index (χ3v) is 4.86. The van der Waals surface area contributed by atoms with Crippen molar-refractivity contribution < 1.29 is 18.9 Å². The van der Waals surface area contributed by atoms with Gasteiger partial charge in [0, 0.05) is 24.1 Å². The van der Waals surface area contributed by atoms with Crippen molar-refractivity contribution in [3.63, 3.8) is 0 Å². The van der Waals surface area contributed by atoms with Crippen molar-refractivity contribution in [2.45, 2.75) is 31.9 Å².